The monoisotopic (exact) mass is 383 g/mol. The summed E-state index contributed by atoms with van der Waals surface area (Å²) in [4.78, 5) is 16.4. The van der Waals surface area contributed by atoms with Gasteiger partial charge in [-0.15, -0.1) is 5.10 Å². The molecule has 0 bridgehead atoms. The predicted molar refractivity (Wildman–Crippen MR) is 95.7 cm³/mol. The molecule has 2 N–H and O–H groups in total. The summed E-state index contributed by atoms with van der Waals surface area (Å²) >= 11 is 1.41. The molecule has 0 aliphatic carbocycles. The second-order valence-electron chi connectivity index (χ2n) is 5.15. The zero-order valence-corrected chi connectivity index (χ0v) is 15.7. The largest absolute Gasteiger partial charge is 0.354 e. The van der Waals surface area contributed by atoms with E-state index in [-0.39, 0.29) is 23.9 Å². The van der Waals surface area contributed by atoms with Crippen LogP contribution < -0.4 is 5.32 Å². The van der Waals surface area contributed by atoms with E-state index in [1.54, 1.807) is 25.1 Å². The summed E-state index contributed by atoms with van der Waals surface area (Å²) in [6, 6.07) is 8.10. The average molecular weight is 383 g/mol. The predicted octanol–water partition coefficient (Wildman–Crippen LogP) is 1.03. The van der Waals surface area contributed by atoms with E-state index in [2.05, 4.69) is 20.5 Å². The fraction of sp³-hybridized carbons (Fsp3) is 0.400. The van der Waals surface area contributed by atoms with Gasteiger partial charge in [0.05, 0.1) is 11.4 Å². The van der Waals surface area contributed by atoms with Crippen molar-refractivity contribution < 1.29 is 13.2 Å². The van der Waals surface area contributed by atoms with Gasteiger partial charge in [-0.3, -0.25) is 9.89 Å². The smallest absolute Gasteiger partial charge is 0.243 e. The first-order valence-corrected chi connectivity index (χ1v) is 10.2. The maximum absolute atomic E-state index is 12.5. The molecule has 0 radical (unpaired) electrons. The highest BCUT2D eigenvalue weighted by Crippen LogP contribution is 2.14. The van der Waals surface area contributed by atoms with E-state index in [4.69, 9.17) is 0 Å². The van der Waals surface area contributed by atoms with Crippen LogP contribution >= 0.6 is 11.8 Å². The second kappa shape index (κ2) is 8.97. The van der Waals surface area contributed by atoms with Crippen molar-refractivity contribution in [1.29, 1.82) is 0 Å². The van der Waals surface area contributed by atoms with Gasteiger partial charge in [0.15, 0.2) is 0 Å². The van der Waals surface area contributed by atoms with Crippen molar-refractivity contribution in [1.82, 2.24) is 24.8 Å². The van der Waals surface area contributed by atoms with Crippen molar-refractivity contribution in [3.05, 3.63) is 36.2 Å². The number of benzene rings is 1. The summed E-state index contributed by atoms with van der Waals surface area (Å²) in [6.45, 7) is 3.93. The molecule has 0 saturated carbocycles. The van der Waals surface area contributed by atoms with Crippen molar-refractivity contribution in [2.24, 2.45) is 0 Å². The highest BCUT2D eigenvalue weighted by atomic mass is 32.2. The standard InChI is InChI=1S/C15H21N5O3S2/c1-3-20(25(22,23)13-7-5-4-6-8-13)11-14(21)16-9-10-24-15-17-12(2)18-19-15/h4-8H,3,9-11H2,1-2H3,(H,16,21)(H,17,18,19). The molecule has 0 aliphatic heterocycles. The Balaban J connectivity index is 1.83. The van der Waals surface area contributed by atoms with Gasteiger partial charge in [-0.05, 0) is 19.1 Å². The molecular formula is C15H21N5O3S2. The van der Waals surface area contributed by atoms with Gasteiger partial charge < -0.3 is 5.32 Å². The number of aryl methyl sites for hydroxylation is 1. The lowest BCUT2D eigenvalue weighted by Crippen LogP contribution is -2.41. The quantitative estimate of drug-likeness (QED) is 0.495. The van der Waals surface area contributed by atoms with E-state index in [0.29, 0.717) is 17.5 Å². The van der Waals surface area contributed by atoms with Crippen molar-refractivity contribution in [3.63, 3.8) is 0 Å². The minimum Gasteiger partial charge on any atom is -0.354 e. The molecule has 0 fully saturated rings. The molecule has 2 aromatic rings. The number of hydrogen-bond acceptors (Lipinski definition) is 6. The maximum Gasteiger partial charge on any atom is 0.243 e. The first kappa shape index (κ1) is 19.4. The van der Waals surface area contributed by atoms with Crippen molar-refractivity contribution in [2.75, 3.05) is 25.4 Å². The number of aromatic amines is 1. The number of H-pyrrole nitrogens is 1. The fourth-order valence-electron chi connectivity index (χ4n) is 2.04. The first-order chi connectivity index (χ1) is 11.9. The Kier molecular flexibility index (Phi) is 6.97. The maximum atomic E-state index is 12.5. The van der Waals surface area contributed by atoms with E-state index in [1.807, 2.05) is 6.92 Å². The minimum absolute atomic E-state index is 0.181. The highest BCUT2D eigenvalue weighted by molar-refractivity contribution is 7.99. The molecule has 2 rings (SSSR count). The molecule has 1 aromatic carbocycles. The van der Waals surface area contributed by atoms with Crippen LogP contribution in [0, 0.1) is 6.92 Å². The van der Waals surface area contributed by atoms with Gasteiger partial charge >= 0.3 is 0 Å². The topological polar surface area (TPSA) is 108 Å². The molecule has 1 aromatic heterocycles. The summed E-state index contributed by atoms with van der Waals surface area (Å²) in [5.74, 6) is 0.991. The van der Waals surface area contributed by atoms with Gasteiger partial charge in [-0.1, -0.05) is 36.9 Å². The molecule has 0 unspecified atom stereocenters. The van der Waals surface area contributed by atoms with Crippen LogP contribution in [-0.4, -0.2) is 59.2 Å². The Bertz CT molecular complexity index is 793. The molecule has 10 heteroatoms. The number of amides is 1. The summed E-state index contributed by atoms with van der Waals surface area (Å²) < 4.78 is 26.2. The van der Waals surface area contributed by atoms with E-state index < -0.39 is 10.0 Å². The van der Waals surface area contributed by atoms with Crippen LogP contribution in [0.4, 0.5) is 0 Å². The van der Waals surface area contributed by atoms with Gasteiger partial charge in [0, 0.05) is 18.8 Å². The summed E-state index contributed by atoms with van der Waals surface area (Å²) in [7, 11) is -3.67. The number of likely N-dealkylation sites (N-methyl/N-ethyl adjacent to an activating group) is 1. The molecule has 1 amide bonds. The molecule has 0 atom stereocenters. The van der Waals surface area contributed by atoms with Crippen molar-refractivity contribution >= 4 is 27.7 Å². The van der Waals surface area contributed by atoms with E-state index in [0.717, 1.165) is 10.1 Å². The van der Waals surface area contributed by atoms with E-state index in [9.17, 15) is 13.2 Å². The Hall–Kier alpha value is -1.91. The number of nitrogens with zero attached hydrogens (tertiary/aromatic N) is 3. The lowest BCUT2D eigenvalue weighted by molar-refractivity contribution is -0.121. The Morgan fingerprint density at radius 3 is 2.64 bits per heavy atom. The number of carbonyl (C=O) groups is 1. The number of carbonyl (C=O) groups excluding carboxylic acids is 1. The molecule has 0 saturated heterocycles. The van der Waals surface area contributed by atoms with Gasteiger partial charge in [-0.2, -0.15) is 4.31 Å². The van der Waals surface area contributed by atoms with Gasteiger partial charge in [0.2, 0.25) is 21.1 Å². The number of sulfonamides is 1. The van der Waals surface area contributed by atoms with E-state index >= 15 is 0 Å². The van der Waals surface area contributed by atoms with Crippen LogP contribution in [0.3, 0.4) is 0 Å². The zero-order valence-electron chi connectivity index (χ0n) is 14.1. The molecule has 0 aliphatic rings. The number of hydrogen-bond donors (Lipinski definition) is 2. The number of rotatable bonds is 9. The average Bonchev–Trinajstić information content (AvgIpc) is 3.02. The normalized spacial score (nSPS) is 11.6. The fourth-order valence-corrected chi connectivity index (χ4v) is 4.17. The van der Waals surface area contributed by atoms with Crippen LogP contribution in [0.2, 0.25) is 0 Å². The second-order valence-corrected chi connectivity index (χ2v) is 8.15. The summed E-state index contributed by atoms with van der Waals surface area (Å²) in [6.07, 6.45) is 0. The Morgan fingerprint density at radius 2 is 2.04 bits per heavy atom. The van der Waals surface area contributed by atoms with Crippen LogP contribution in [0.25, 0.3) is 0 Å². The van der Waals surface area contributed by atoms with Crippen LogP contribution in [0.15, 0.2) is 40.4 Å². The van der Waals surface area contributed by atoms with E-state index in [1.165, 1.54) is 23.9 Å². The SMILES string of the molecule is CCN(CC(=O)NCCSc1n[nH]c(C)n1)S(=O)(=O)c1ccccc1. The third-order valence-electron chi connectivity index (χ3n) is 3.29. The molecule has 1 heterocycles. The van der Waals surface area contributed by atoms with Crippen LogP contribution in [0.5, 0.6) is 0 Å². The van der Waals surface area contributed by atoms with Crippen LogP contribution in [-0.2, 0) is 14.8 Å². The van der Waals surface area contributed by atoms with Gasteiger partial charge in [-0.25, -0.2) is 13.4 Å². The molecule has 8 nitrogen and oxygen atoms in total. The molecule has 25 heavy (non-hydrogen) atoms. The Morgan fingerprint density at radius 1 is 1.32 bits per heavy atom. The minimum atomic E-state index is -3.67. The lowest BCUT2D eigenvalue weighted by atomic mass is 10.4. The summed E-state index contributed by atoms with van der Waals surface area (Å²) in [5, 5.41) is 10.1. The van der Waals surface area contributed by atoms with Crippen molar-refractivity contribution in [2.45, 2.75) is 23.9 Å². The number of nitrogens with one attached hydrogen (secondary N) is 2. The third kappa shape index (κ3) is 5.55. The van der Waals surface area contributed by atoms with Gasteiger partial charge in [0.25, 0.3) is 0 Å². The van der Waals surface area contributed by atoms with Crippen LogP contribution in [0.1, 0.15) is 12.7 Å². The number of thioether (sulfide) groups is 1. The first-order valence-electron chi connectivity index (χ1n) is 7.77. The third-order valence-corrected chi connectivity index (χ3v) is 6.07. The van der Waals surface area contributed by atoms with Crippen molar-refractivity contribution in [3.8, 4) is 0 Å². The molecular weight excluding hydrogens is 362 g/mol. The Labute approximate surface area is 151 Å². The van der Waals surface area contributed by atoms with Gasteiger partial charge in [0.1, 0.15) is 5.82 Å². The lowest BCUT2D eigenvalue weighted by Gasteiger charge is -2.20. The zero-order chi connectivity index (χ0) is 18.3. The highest BCUT2D eigenvalue weighted by Gasteiger charge is 2.24. The number of aromatic nitrogens is 3. The molecule has 0 spiro atoms. The summed E-state index contributed by atoms with van der Waals surface area (Å²) in [5.41, 5.74) is 0. The molecule has 136 valence electrons.